The lowest BCUT2D eigenvalue weighted by atomic mass is 10.1. The molecule has 96 valence electrons. The fourth-order valence-electron chi connectivity index (χ4n) is 1.93. The van der Waals surface area contributed by atoms with E-state index in [1.54, 1.807) is 0 Å². The Labute approximate surface area is 107 Å². The predicted octanol–water partition coefficient (Wildman–Crippen LogP) is 3.25. The van der Waals surface area contributed by atoms with Crippen molar-refractivity contribution < 1.29 is 4.42 Å². The van der Waals surface area contributed by atoms with Gasteiger partial charge >= 0.3 is 0 Å². The van der Waals surface area contributed by atoms with Gasteiger partial charge < -0.3 is 9.73 Å². The summed E-state index contributed by atoms with van der Waals surface area (Å²) in [6.45, 7) is 6.85. The van der Waals surface area contributed by atoms with Gasteiger partial charge in [0.15, 0.2) is 0 Å². The van der Waals surface area contributed by atoms with Gasteiger partial charge in [-0.15, -0.1) is 10.2 Å². The molecule has 1 aromatic carbocycles. The zero-order chi connectivity index (χ0) is 13.0. The molecule has 0 saturated carbocycles. The quantitative estimate of drug-likeness (QED) is 0.878. The maximum atomic E-state index is 5.54. The number of hydrogen-bond donors (Lipinski definition) is 1. The molecule has 0 saturated heterocycles. The molecule has 18 heavy (non-hydrogen) atoms. The molecule has 0 spiro atoms. The number of nitrogens with zero attached hydrogens (tertiary/aromatic N) is 2. The van der Waals surface area contributed by atoms with Crippen molar-refractivity contribution in [3.05, 3.63) is 41.1 Å². The normalized spacial score (nSPS) is 10.6. The van der Waals surface area contributed by atoms with Crippen LogP contribution in [0.15, 0.2) is 22.6 Å². The van der Waals surface area contributed by atoms with E-state index in [0.29, 0.717) is 12.4 Å². The Morgan fingerprint density at radius 2 is 1.78 bits per heavy atom. The van der Waals surface area contributed by atoms with E-state index in [1.165, 1.54) is 11.1 Å². The van der Waals surface area contributed by atoms with Crippen LogP contribution in [0.5, 0.6) is 0 Å². The first-order valence-electron chi connectivity index (χ1n) is 6.32. The molecule has 1 N–H and O–H groups in total. The SMILES string of the molecule is CCCc1nnc(CNc2c(C)cccc2C)o1. The third-order valence-electron chi connectivity index (χ3n) is 2.87. The van der Waals surface area contributed by atoms with Crippen LogP contribution in [0.25, 0.3) is 0 Å². The summed E-state index contributed by atoms with van der Waals surface area (Å²) in [7, 11) is 0. The number of anilines is 1. The summed E-state index contributed by atoms with van der Waals surface area (Å²) in [6.07, 6.45) is 1.86. The minimum absolute atomic E-state index is 0.572. The fraction of sp³-hybridized carbons (Fsp3) is 0.429. The second-order valence-electron chi connectivity index (χ2n) is 4.46. The monoisotopic (exact) mass is 245 g/mol. The van der Waals surface area contributed by atoms with Crippen molar-refractivity contribution in [2.75, 3.05) is 5.32 Å². The second-order valence-corrected chi connectivity index (χ2v) is 4.46. The molecule has 4 heteroatoms. The van der Waals surface area contributed by atoms with E-state index in [-0.39, 0.29) is 0 Å². The summed E-state index contributed by atoms with van der Waals surface area (Å²) in [5.41, 5.74) is 3.60. The molecular formula is C14H19N3O. The van der Waals surface area contributed by atoms with Crippen LogP contribution in [0.3, 0.4) is 0 Å². The average Bonchev–Trinajstić information content (AvgIpc) is 2.77. The second kappa shape index (κ2) is 5.67. The Kier molecular flexibility index (Phi) is 3.97. The average molecular weight is 245 g/mol. The predicted molar refractivity (Wildman–Crippen MR) is 71.5 cm³/mol. The highest BCUT2D eigenvalue weighted by molar-refractivity contribution is 5.56. The van der Waals surface area contributed by atoms with Crippen LogP contribution in [0, 0.1) is 13.8 Å². The lowest BCUT2D eigenvalue weighted by Crippen LogP contribution is -2.03. The highest BCUT2D eigenvalue weighted by Crippen LogP contribution is 2.20. The van der Waals surface area contributed by atoms with Crippen LogP contribution >= 0.6 is 0 Å². The number of rotatable bonds is 5. The summed E-state index contributed by atoms with van der Waals surface area (Å²) < 4.78 is 5.54. The summed E-state index contributed by atoms with van der Waals surface area (Å²) in [6, 6.07) is 6.24. The smallest absolute Gasteiger partial charge is 0.235 e. The van der Waals surface area contributed by atoms with Crippen molar-refractivity contribution >= 4 is 5.69 Å². The minimum Gasteiger partial charge on any atom is -0.423 e. The van der Waals surface area contributed by atoms with Gasteiger partial charge in [0, 0.05) is 12.1 Å². The zero-order valence-electron chi connectivity index (χ0n) is 11.2. The Bertz CT molecular complexity index is 499. The summed E-state index contributed by atoms with van der Waals surface area (Å²) in [4.78, 5) is 0. The van der Waals surface area contributed by atoms with Gasteiger partial charge in [-0.3, -0.25) is 0 Å². The van der Waals surface area contributed by atoms with Crippen LogP contribution in [-0.4, -0.2) is 10.2 Å². The molecular weight excluding hydrogens is 226 g/mol. The molecule has 2 aromatic rings. The van der Waals surface area contributed by atoms with E-state index in [4.69, 9.17) is 4.42 Å². The number of para-hydroxylation sites is 1. The van der Waals surface area contributed by atoms with Crippen molar-refractivity contribution in [3.8, 4) is 0 Å². The maximum absolute atomic E-state index is 5.54. The Morgan fingerprint density at radius 1 is 1.11 bits per heavy atom. The molecule has 0 aliphatic rings. The van der Waals surface area contributed by atoms with Gasteiger partial charge in [-0.1, -0.05) is 25.1 Å². The number of benzene rings is 1. The van der Waals surface area contributed by atoms with Crippen LogP contribution in [-0.2, 0) is 13.0 Å². The Morgan fingerprint density at radius 3 is 2.44 bits per heavy atom. The van der Waals surface area contributed by atoms with Crippen LogP contribution in [0.4, 0.5) is 5.69 Å². The minimum atomic E-state index is 0.572. The maximum Gasteiger partial charge on any atom is 0.235 e. The summed E-state index contributed by atoms with van der Waals surface area (Å²) in [5, 5.41) is 11.4. The largest absolute Gasteiger partial charge is 0.423 e. The van der Waals surface area contributed by atoms with Crippen LogP contribution in [0.1, 0.15) is 36.3 Å². The Balaban J connectivity index is 2.02. The molecule has 0 aliphatic heterocycles. The Hall–Kier alpha value is -1.84. The molecule has 2 rings (SSSR count). The van der Waals surface area contributed by atoms with E-state index in [2.05, 4.69) is 54.5 Å². The molecule has 0 amide bonds. The first-order chi connectivity index (χ1) is 8.70. The van der Waals surface area contributed by atoms with E-state index < -0.39 is 0 Å². The number of hydrogen-bond acceptors (Lipinski definition) is 4. The fourth-order valence-corrected chi connectivity index (χ4v) is 1.93. The third kappa shape index (κ3) is 2.88. The molecule has 1 heterocycles. The van der Waals surface area contributed by atoms with Gasteiger partial charge in [0.2, 0.25) is 11.8 Å². The van der Waals surface area contributed by atoms with Crippen LogP contribution < -0.4 is 5.32 Å². The summed E-state index contributed by atoms with van der Waals surface area (Å²) in [5.74, 6) is 1.36. The molecule has 0 atom stereocenters. The highest BCUT2D eigenvalue weighted by Gasteiger charge is 2.06. The van der Waals surface area contributed by atoms with E-state index in [1.807, 2.05) is 0 Å². The van der Waals surface area contributed by atoms with Crippen molar-refractivity contribution in [1.82, 2.24) is 10.2 Å². The third-order valence-corrected chi connectivity index (χ3v) is 2.87. The molecule has 0 radical (unpaired) electrons. The van der Waals surface area contributed by atoms with E-state index in [9.17, 15) is 0 Å². The number of nitrogens with one attached hydrogen (secondary N) is 1. The lowest BCUT2D eigenvalue weighted by Gasteiger charge is -2.10. The van der Waals surface area contributed by atoms with Gasteiger partial charge in [0.1, 0.15) is 0 Å². The lowest BCUT2D eigenvalue weighted by molar-refractivity contribution is 0.453. The molecule has 0 unspecified atom stereocenters. The van der Waals surface area contributed by atoms with Crippen molar-refractivity contribution in [3.63, 3.8) is 0 Å². The molecule has 0 bridgehead atoms. The first kappa shape index (κ1) is 12.6. The van der Waals surface area contributed by atoms with Gasteiger partial charge in [0.05, 0.1) is 6.54 Å². The van der Waals surface area contributed by atoms with Crippen molar-refractivity contribution in [1.29, 1.82) is 0 Å². The molecule has 4 nitrogen and oxygen atoms in total. The topological polar surface area (TPSA) is 51.0 Å². The van der Waals surface area contributed by atoms with Gasteiger partial charge in [0.25, 0.3) is 0 Å². The van der Waals surface area contributed by atoms with E-state index >= 15 is 0 Å². The van der Waals surface area contributed by atoms with Crippen molar-refractivity contribution in [2.24, 2.45) is 0 Å². The zero-order valence-corrected chi connectivity index (χ0v) is 11.2. The number of aromatic nitrogens is 2. The van der Waals surface area contributed by atoms with Crippen molar-refractivity contribution in [2.45, 2.75) is 40.2 Å². The van der Waals surface area contributed by atoms with Gasteiger partial charge in [-0.2, -0.15) is 0 Å². The molecule has 0 fully saturated rings. The van der Waals surface area contributed by atoms with Gasteiger partial charge in [-0.05, 0) is 31.4 Å². The van der Waals surface area contributed by atoms with E-state index in [0.717, 1.165) is 24.4 Å². The molecule has 1 aromatic heterocycles. The first-order valence-corrected chi connectivity index (χ1v) is 6.32. The van der Waals surface area contributed by atoms with Crippen LogP contribution in [0.2, 0.25) is 0 Å². The summed E-state index contributed by atoms with van der Waals surface area (Å²) >= 11 is 0. The van der Waals surface area contributed by atoms with Gasteiger partial charge in [-0.25, -0.2) is 0 Å². The highest BCUT2D eigenvalue weighted by atomic mass is 16.4. The molecule has 0 aliphatic carbocycles. The standard InChI is InChI=1S/C14H19N3O/c1-4-6-12-16-17-13(18-12)9-15-14-10(2)7-5-8-11(14)3/h5,7-8,15H,4,6,9H2,1-3H3. The number of aryl methyl sites for hydroxylation is 3.